The molecule has 0 aliphatic carbocycles. The monoisotopic (exact) mass is 351 g/mol. The number of hydrogen-bond donors (Lipinski definition) is 2. The van der Waals surface area contributed by atoms with Gasteiger partial charge in [-0.2, -0.15) is 5.10 Å². The van der Waals surface area contributed by atoms with Gasteiger partial charge in [0, 0.05) is 11.1 Å². The summed E-state index contributed by atoms with van der Waals surface area (Å²) < 4.78 is 5.14. The van der Waals surface area contributed by atoms with Crippen molar-refractivity contribution in [1.29, 1.82) is 0 Å². The molecule has 0 unspecified atom stereocenters. The minimum absolute atomic E-state index is 0.177. The van der Waals surface area contributed by atoms with Crippen LogP contribution in [0.15, 0.2) is 42.5 Å². The van der Waals surface area contributed by atoms with Gasteiger partial charge in [-0.25, -0.2) is 4.79 Å². The molecule has 6 heteroatoms. The van der Waals surface area contributed by atoms with Crippen molar-refractivity contribution in [3.8, 4) is 0 Å². The summed E-state index contributed by atoms with van der Waals surface area (Å²) in [7, 11) is 0. The van der Waals surface area contributed by atoms with Gasteiger partial charge in [-0.05, 0) is 30.0 Å². The summed E-state index contributed by atoms with van der Waals surface area (Å²) >= 11 is 0. The fraction of sp³-hybridized carbons (Fsp3) is 0.250. The maximum absolute atomic E-state index is 12.3. The Morgan fingerprint density at radius 3 is 2.42 bits per heavy atom. The largest absolute Gasteiger partial charge is 0.451 e. The van der Waals surface area contributed by atoms with E-state index in [1.807, 2.05) is 50.2 Å². The molecular formula is C20H21N3O3. The van der Waals surface area contributed by atoms with Crippen LogP contribution >= 0.6 is 0 Å². The summed E-state index contributed by atoms with van der Waals surface area (Å²) in [4.78, 5) is 24.5. The predicted octanol–water partition coefficient (Wildman–Crippen LogP) is 3.48. The number of rotatable bonds is 6. The van der Waals surface area contributed by atoms with Crippen LogP contribution in [0.4, 0.5) is 5.69 Å². The van der Waals surface area contributed by atoms with Gasteiger partial charge in [0.15, 0.2) is 12.3 Å². The Balaban J connectivity index is 1.67. The molecule has 6 nitrogen and oxygen atoms in total. The van der Waals surface area contributed by atoms with E-state index >= 15 is 0 Å². The van der Waals surface area contributed by atoms with Gasteiger partial charge in [0.05, 0.1) is 5.52 Å². The molecule has 3 rings (SSSR count). The molecule has 3 aromatic rings. The van der Waals surface area contributed by atoms with Gasteiger partial charge >= 0.3 is 5.97 Å². The number of carbonyl (C=O) groups is 2. The number of esters is 1. The number of nitrogens with zero attached hydrogens (tertiary/aromatic N) is 1. The van der Waals surface area contributed by atoms with Gasteiger partial charge in [-0.1, -0.05) is 50.2 Å². The molecular weight excluding hydrogens is 330 g/mol. The van der Waals surface area contributed by atoms with E-state index < -0.39 is 5.97 Å². The van der Waals surface area contributed by atoms with Crippen molar-refractivity contribution in [3.05, 3.63) is 59.3 Å². The molecule has 0 aliphatic heterocycles. The summed E-state index contributed by atoms with van der Waals surface area (Å²) in [5, 5.41) is 10.3. The number of carbonyl (C=O) groups excluding carboxylic acids is 2. The highest BCUT2D eigenvalue weighted by atomic mass is 16.5. The standard InChI is InChI=1S/C20H21N3O3/c1-3-13-8-7-9-14(4-2)18(13)21-17(24)12-26-20(25)19-15-10-5-6-11-16(15)22-23-19/h5-11H,3-4,12H2,1-2H3,(H,21,24)(H,22,23). The fourth-order valence-corrected chi connectivity index (χ4v) is 2.90. The van der Waals surface area contributed by atoms with Crippen LogP contribution < -0.4 is 5.32 Å². The Bertz CT molecular complexity index is 924. The molecule has 0 spiro atoms. The van der Waals surface area contributed by atoms with Crippen LogP contribution in [-0.2, 0) is 22.4 Å². The topological polar surface area (TPSA) is 84.1 Å². The van der Waals surface area contributed by atoms with Gasteiger partial charge in [-0.3, -0.25) is 9.89 Å². The lowest BCUT2D eigenvalue weighted by Gasteiger charge is -2.14. The second kappa shape index (κ2) is 7.82. The minimum Gasteiger partial charge on any atom is -0.451 e. The molecule has 0 fully saturated rings. The minimum atomic E-state index is -0.628. The highest BCUT2D eigenvalue weighted by Crippen LogP contribution is 2.22. The Morgan fingerprint density at radius 1 is 1.04 bits per heavy atom. The maximum Gasteiger partial charge on any atom is 0.359 e. The average molecular weight is 351 g/mol. The molecule has 2 aromatic carbocycles. The van der Waals surface area contributed by atoms with E-state index in [1.165, 1.54) is 0 Å². The first-order valence-electron chi connectivity index (χ1n) is 8.64. The lowest BCUT2D eigenvalue weighted by Crippen LogP contribution is -2.22. The molecule has 0 aliphatic rings. The van der Waals surface area contributed by atoms with Crippen LogP contribution in [0.5, 0.6) is 0 Å². The number of aryl methyl sites for hydroxylation is 2. The molecule has 26 heavy (non-hydrogen) atoms. The van der Waals surface area contributed by atoms with Crippen LogP contribution in [0.1, 0.15) is 35.5 Å². The van der Waals surface area contributed by atoms with Crippen molar-refractivity contribution in [2.75, 3.05) is 11.9 Å². The van der Waals surface area contributed by atoms with Crippen molar-refractivity contribution >= 4 is 28.5 Å². The lowest BCUT2D eigenvalue weighted by molar-refractivity contribution is -0.119. The molecule has 0 saturated carbocycles. The normalized spacial score (nSPS) is 10.7. The van der Waals surface area contributed by atoms with E-state index in [1.54, 1.807) is 6.07 Å². The van der Waals surface area contributed by atoms with E-state index in [0.717, 1.165) is 35.2 Å². The number of fused-ring (bicyclic) bond motifs is 1. The first-order chi connectivity index (χ1) is 12.6. The molecule has 2 N–H and O–H groups in total. The number of aromatic amines is 1. The van der Waals surface area contributed by atoms with Gasteiger partial charge in [0.1, 0.15) is 0 Å². The van der Waals surface area contributed by atoms with Gasteiger partial charge in [0.2, 0.25) is 0 Å². The van der Waals surface area contributed by atoms with E-state index in [0.29, 0.717) is 5.39 Å². The van der Waals surface area contributed by atoms with Crippen molar-refractivity contribution in [2.45, 2.75) is 26.7 Å². The van der Waals surface area contributed by atoms with Crippen LogP contribution in [0.25, 0.3) is 10.9 Å². The summed E-state index contributed by atoms with van der Waals surface area (Å²) in [5.41, 5.74) is 3.85. The molecule has 1 aromatic heterocycles. The van der Waals surface area contributed by atoms with Gasteiger partial charge < -0.3 is 10.1 Å². The number of hydrogen-bond acceptors (Lipinski definition) is 4. The Morgan fingerprint density at radius 2 is 1.73 bits per heavy atom. The third-order valence-corrected chi connectivity index (χ3v) is 4.26. The number of anilines is 1. The van der Waals surface area contributed by atoms with E-state index in [2.05, 4.69) is 15.5 Å². The Hall–Kier alpha value is -3.15. The van der Waals surface area contributed by atoms with Crippen molar-refractivity contribution in [3.63, 3.8) is 0 Å². The van der Waals surface area contributed by atoms with Crippen LogP contribution in [0.2, 0.25) is 0 Å². The quantitative estimate of drug-likeness (QED) is 0.666. The molecule has 1 heterocycles. The third kappa shape index (κ3) is 3.59. The third-order valence-electron chi connectivity index (χ3n) is 4.26. The first-order valence-corrected chi connectivity index (χ1v) is 8.64. The van der Waals surface area contributed by atoms with E-state index in [-0.39, 0.29) is 18.2 Å². The van der Waals surface area contributed by atoms with Crippen molar-refractivity contribution in [1.82, 2.24) is 10.2 Å². The van der Waals surface area contributed by atoms with Crippen LogP contribution in [-0.4, -0.2) is 28.7 Å². The zero-order valence-electron chi connectivity index (χ0n) is 14.8. The molecule has 0 bridgehead atoms. The van der Waals surface area contributed by atoms with Crippen LogP contribution in [0, 0.1) is 0 Å². The van der Waals surface area contributed by atoms with Crippen LogP contribution in [0.3, 0.4) is 0 Å². The second-order valence-electron chi connectivity index (χ2n) is 5.90. The average Bonchev–Trinajstić information content (AvgIpc) is 3.10. The maximum atomic E-state index is 12.3. The van der Waals surface area contributed by atoms with Gasteiger partial charge in [0.25, 0.3) is 5.91 Å². The van der Waals surface area contributed by atoms with E-state index in [9.17, 15) is 9.59 Å². The number of aromatic nitrogens is 2. The smallest absolute Gasteiger partial charge is 0.359 e. The first kappa shape index (κ1) is 17.7. The fourth-order valence-electron chi connectivity index (χ4n) is 2.90. The number of para-hydroxylation sites is 2. The van der Waals surface area contributed by atoms with Gasteiger partial charge in [-0.15, -0.1) is 0 Å². The molecule has 0 atom stereocenters. The highest BCUT2D eigenvalue weighted by molar-refractivity contribution is 6.03. The number of benzene rings is 2. The number of amides is 1. The summed E-state index contributed by atoms with van der Waals surface area (Å²) in [6.07, 6.45) is 1.62. The lowest BCUT2D eigenvalue weighted by atomic mass is 10.0. The summed E-state index contributed by atoms with van der Waals surface area (Å²) in [5.74, 6) is -0.995. The summed E-state index contributed by atoms with van der Waals surface area (Å²) in [6, 6.07) is 13.2. The number of ether oxygens (including phenoxy) is 1. The number of nitrogens with one attached hydrogen (secondary N) is 2. The highest BCUT2D eigenvalue weighted by Gasteiger charge is 2.17. The SMILES string of the molecule is CCc1cccc(CC)c1NC(=O)COC(=O)c1n[nH]c2ccccc12. The molecule has 0 radical (unpaired) electrons. The Kier molecular flexibility index (Phi) is 5.31. The van der Waals surface area contributed by atoms with E-state index in [4.69, 9.17) is 4.74 Å². The zero-order valence-corrected chi connectivity index (χ0v) is 14.8. The van der Waals surface area contributed by atoms with Crippen molar-refractivity contribution in [2.24, 2.45) is 0 Å². The molecule has 1 amide bonds. The predicted molar refractivity (Wildman–Crippen MR) is 100 cm³/mol. The molecule has 134 valence electrons. The molecule has 0 saturated heterocycles. The van der Waals surface area contributed by atoms with Crippen molar-refractivity contribution < 1.29 is 14.3 Å². The second-order valence-corrected chi connectivity index (χ2v) is 5.90. The number of H-pyrrole nitrogens is 1. The Labute approximate surface area is 151 Å². The summed E-state index contributed by atoms with van der Waals surface area (Å²) in [6.45, 7) is 3.71. The zero-order chi connectivity index (χ0) is 18.5.